The number of hydrogen-bond acceptors (Lipinski definition) is 8. The highest BCUT2D eigenvalue weighted by atomic mass is 32.1. The summed E-state index contributed by atoms with van der Waals surface area (Å²) >= 11 is 1.69. The van der Waals surface area contributed by atoms with Crippen molar-refractivity contribution in [2.45, 2.75) is 32.4 Å². The van der Waals surface area contributed by atoms with E-state index in [1.807, 2.05) is 6.20 Å². The molecule has 0 unspecified atom stereocenters. The molecule has 4 N–H and O–H groups in total. The van der Waals surface area contributed by atoms with Gasteiger partial charge in [-0.25, -0.2) is 0 Å². The summed E-state index contributed by atoms with van der Waals surface area (Å²) in [4.78, 5) is 9.09. The van der Waals surface area contributed by atoms with E-state index in [4.69, 9.17) is 5.11 Å². The second-order valence-electron chi connectivity index (χ2n) is 7.64. The molecule has 0 aliphatic heterocycles. The summed E-state index contributed by atoms with van der Waals surface area (Å²) in [5.41, 5.74) is 5.25. The van der Waals surface area contributed by atoms with Crippen molar-refractivity contribution in [1.82, 2.24) is 19.6 Å². The maximum Gasteiger partial charge on any atom is 0.229 e. The lowest BCUT2D eigenvalue weighted by molar-refractivity contribution is 0.105. The Labute approximate surface area is 184 Å². The third kappa shape index (κ3) is 4.84. The Morgan fingerprint density at radius 2 is 1.87 bits per heavy atom. The zero-order valence-corrected chi connectivity index (χ0v) is 18.3. The molecule has 3 heterocycles. The minimum Gasteiger partial charge on any atom is -0.394 e. The van der Waals surface area contributed by atoms with Crippen LogP contribution in [0.25, 0.3) is 16.8 Å². The van der Waals surface area contributed by atoms with Crippen molar-refractivity contribution in [2.75, 3.05) is 23.8 Å². The van der Waals surface area contributed by atoms with Crippen LogP contribution in [-0.4, -0.2) is 49.1 Å². The fourth-order valence-electron chi connectivity index (χ4n) is 3.19. The summed E-state index contributed by atoms with van der Waals surface area (Å²) in [6.45, 7) is 4.58. The van der Waals surface area contributed by atoms with Gasteiger partial charge in [0, 0.05) is 18.7 Å². The van der Waals surface area contributed by atoms with Crippen molar-refractivity contribution in [3.63, 3.8) is 0 Å². The smallest absolute Gasteiger partial charge is 0.229 e. The Balaban J connectivity index is 1.56. The molecular formula is C22H26N6O2S. The maximum absolute atomic E-state index is 9.65. The van der Waals surface area contributed by atoms with Crippen molar-refractivity contribution in [1.29, 1.82) is 0 Å². The third-order valence-electron chi connectivity index (χ3n) is 4.98. The molecule has 1 atom stereocenters. The number of anilines is 2. The molecule has 0 aliphatic carbocycles. The largest absolute Gasteiger partial charge is 0.394 e. The van der Waals surface area contributed by atoms with E-state index in [0.29, 0.717) is 24.1 Å². The van der Waals surface area contributed by atoms with Crippen LogP contribution in [0.3, 0.4) is 0 Å². The monoisotopic (exact) mass is 438 g/mol. The quantitative estimate of drug-likeness (QED) is 0.317. The minimum absolute atomic E-state index is 0.154. The van der Waals surface area contributed by atoms with E-state index in [0.717, 1.165) is 11.1 Å². The predicted molar refractivity (Wildman–Crippen MR) is 124 cm³/mol. The van der Waals surface area contributed by atoms with E-state index in [-0.39, 0.29) is 19.1 Å². The molecule has 162 valence electrons. The summed E-state index contributed by atoms with van der Waals surface area (Å²) in [5.74, 6) is 1.18. The van der Waals surface area contributed by atoms with Crippen LogP contribution in [0.2, 0.25) is 0 Å². The number of nitrogens with one attached hydrogen (secondary N) is 2. The number of aliphatic hydroxyl groups excluding tert-OH is 2. The van der Waals surface area contributed by atoms with Gasteiger partial charge in [-0.2, -0.15) is 30.9 Å². The molecule has 0 saturated heterocycles. The van der Waals surface area contributed by atoms with Gasteiger partial charge in [-0.15, -0.1) is 0 Å². The fraction of sp³-hybridized carbons (Fsp3) is 0.318. The van der Waals surface area contributed by atoms with Crippen molar-refractivity contribution < 1.29 is 10.2 Å². The van der Waals surface area contributed by atoms with Gasteiger partial charge in [0.1, 0.15) is 0 Å². The van der Waals surface area contributed by atoms with Gasteiger partial charge in [-0.1, -0.05) is 38.1 Å². The van der Waals surface area contributed by atoms with Crippen molar-refractivity contribution in [3.8, 4) is 11.1 Å². The lowest BCUT2D eigenvalue weighted by Gasteiger charge is -2.13. The molecule has 0 aliphatic rings. The van der Waals surface area contributed by atoms with Crippen LogP contribution in [0.1, 0.15) is 30.9 Å². The minimum atomic E-state index is -0.882. The maximum atomic E-state index is 9.65. The van der Waals surface area contributed by atoms with Crippen LogP contribution in [-0.2, 0) is 6.54 Å². The molecule has 31 heavy (non-hydrogen) atoms. The van der Waals surface area contributed by atoms with E-state index in [9.17, 15) is 5.11 Å². The Bertz CT molecular complexity index is 1130. The number of thiophene rings is 1. The van der Waals surface area contributed by atoms with Crippen LogP contribution >= 0.6 is 11.3 Å². The normalized spacial score (nSPS) is 12.4. The van der Waals surface area contributed by atoms with E-state index in [2.05, 4.69) is 80.6 Å². The molecule has 4 rings (SSSR count). The number of aromatic nitrogens is 4. The van der Waals surface area contributed by atoms with Crippen molar-refractivity contribution >= 4 is 28.9 Å². The summed E-state index contributed by atoms with van der Waals surface area (Å²) < 4.78 is 1.70. The van der Waals surface area contributed by atoms with Crippen molar-refractivity contribution in [2.24, 2.45) is 0 Å². The van der Waals surface area contributed by atoms with Crippen LogP contribution in [0.15, 0.2) is 47.3 Å². The molecule has 0 fully saturated rings. The lowest BCUT2D eigenvalue weighted by atomic mass is 10.1. The highest BCUT2D eigenvalue weighted by Crippen LogP contribution is 2.24. The number of nitrogens with zero attached hydrogens (tertiary/aromatic N) is 4. The molecule has 9 heteroatoms. The van der Waals surface area contributed by atoms with E-state index in [1.165, 1.54) is 11.1 Å². The summed E-state index contributed by atoms with van der Waals surface area (Å²) in [6.07, 6.45) is 0.925. The first-order valence-corrected chi connectivity index (χ1v) is 11.1. The molecule has 0 saturated carbocycles. The van der Waals surface area contributed by atoms with Gasteiger partial charge in [-0.3, -0.25) is 0 Å². The van der Waals surface area contributed by atoms with Gasteiger partial charge in [0.15, 0.2) is 5.65 Å². The first kappa shape index (κ1) is 21.2. The van der Waals surface area contributed by atoms with Crippen LogP contribution in [0, 0.1) is 0 Å². The van der Waals surface area contributed by atoms with Crippen LogP contribution < -0.4 is 10.6 Å². The second-order valence-corrected chi connectivity index (χ2v) is 8.42. The third-order valence-corrected chi connectivity index (χ3v) is 5.67. The highest BCUT2D eigenvalue weighted by molar-refractivity contribution is 7.08. The summed E-state index contributed by atoms with van der Waals surface area (Å²) in [7, 11) is 0. The Morgan fingerprint density at radius 3 is 2.55 bits per heavy atom. The van der Waals surface area contributed by atoms with Crippen LogP contribution in [0.5, 0.6) is 0 Å². The number of fused-ring (bicyclic) bond motifs is 1. The van der Waals surface area contributed by atoms with Gasteiger partial charge in [0.25, 0.3) is 0 Å². The Morgan fingerprint density at radius 1 is 1.06 bits per heavy atom. The molecule has 8 nitrogen and oxygen atoms in total. The average molecular weight is 439 g/mol. The molecule has 0 amide bonds. The molecule has 0 radical (unpaired) electrons. The molecular weight excluding hydrogens is 412 g/mol. The van der Waals surface area contributed by atoms with Gasteiger partial charge in [0.05, 0.1) is 18.9 Å². The van der Waals surface area contributed by atoms with E-state index >= 15 is 0 Å². The summed E-state index contributed by atoms with van der Waals surface area (Å²) in [5, 5.41) is 33.7. The van der Waals surface area contributed by atoms with Gasteiger partial charge in [0.2, 0.25) is 11.9 Å². The van der Waals surface area contributed by atoms with Crippen molar-refractivity contribution in [3.05, 3.63) is 58.4 Å². The van der Waals surface area contributed by atoms with Gasteiger partial charge < -0.3 is 20.8 Å². The second kappa shape index (κ2) is 9.42. The Hall–Kier alpha value is -3.01. The van der Waals surface area contributed by atoms with Gasteiger partial charge >= 0.3 is 0 Å². The molecule has 4 aromatic rings. The Kier molecular flexibility index (Phi) is 6.45. The van der Waals surface area contributed by atoms with E-state index < -0.39 is 6.10 Å². The van der Waals surface area contributed by atoms with Crippen LogP contribution in [0.4, 0.5) is 11.9 Å². The zero-order valence-electron chi connectivity index (χ0n) is 17.5. The number of rotatable bonds is 9. The highest BCUT2D eigenvalue weighted by Gasteiger charge is 2.15. The number of hydrogen-bond donors (Lipinski definition) is 4. The first-order valence-electron chi connectivity index (χ1n) is 10.2. The standard InChI is InChI=1S/C22H26N6O2S/c1-14(2)19-11-25-28-20(19)26-21(23-10-18(30)12-29)27-22(28)24-9-15-3-5-16(6-4-15)17-7-8-31-13-17/h3-8,11,13-14,18,29-30H,9-10,12H2,1-2H3,(H2,23,24,26,27)/t18-/m1/s1. The molecule has 3 aromatic heterocycles. The van der Waals surface area contributed by atoms with Gasteiger partial charge in [-0.05, 0) is 39.4 Å². The number of aliphatic hydroxyl groups is 2. The van der Waals surface area contributed by atoms with E-state index in [1.54, 1.807) is 15.9 Å². The molecule has 0 bridgehead atoms. The lowest BCUT2D eigenvalue weighted by Crippen LogP contribution is -2.24. The topological polar surface area (TPSA) is 108 Å². The first-order chi connectivity index (χ1) is 15.0. The molecule has 0 spiro atoms. The zero-order chi connectivity index (χ0) is 21.8. The summed E-state index contributed by atoms with van der Waals surface area (Å²) in [6, 6.07) is 10.5. The average Bonchev–Trinajstić information content (AvgIpc) is 3.46. The SMILES string of the molecule is CC(C)c1cnn2c(NCc3ccc(-c4ccsc4)cc3)nc(NC[C@@H](O)CO)nc12. The molecule has 1 aromatic carbocycles. The fourth-order valence-corrected chi connectivity index (χ4v) is 3.86. The number of benzene rings is 1. The predicted octanol–water partition coefficient (Wildman–Crippen LogP) is 3.35.